The molecule has 0 saturated heterocycles. The fraction of sp³-hybridized carbons (Fsp3) is 0.222. The first-order valence-electron chi connectivity index (χ1n) is 7.70. The second-order valence-corrected chi connectivity index (χ2v) is 5.76. The predicted octanol–water partition coefficient (Wildman–Crippen LogP) is 2.45. The summed E-state index contributed by atoms with van der Waals surface area (Å²) in [6, 6.07) is 13.8. The molecule has 0 radical (unpaired) electrons. The number of rotatable bonds is 5. The Balaban J connectivity index is 1.43. The summed E-state index contributed by atoms with van der Waals surface area (Å²) in [7, 11) is 0. The van der Waals surface area contributed by atoms with E-state index in [0.717, 1.165) is 0 Å². The predicted molar refractivity (Wildman–Crippen MR) is 91.1 cm³/mol. The summed E-state index contributed by atoms with van der Waals surface area (Å²) in [4.78, 5) is 23.7. The molecule has 2 aromatic rings. The van der Waals surface area contributed by atoms with E-state index in [-0.39, 0.29) is 23.2 Å². The first kappa shape index (κ1) is 17.1. The molecule has 0 bridgehead atoms. The van der Waals surface area contributed by atoms with Gasteiger partial charge in [-0.2, -0.15) is 0 Å². The maximum atomic E-state index is 11.9. The molecule has 25 heavy (non-hydrogen) atoms. The van der Waals surface area contributed by atoms with Gasteiger partial charge < -0.3 is 19.5 Å². The molecule has 3 rings (SSSR count). The molecule has 0 unspecified atom stereocenters. The largest absolute Gasteiger partial charge is 0.486 e. The van der Waals surface area contributed by atoms with Crippen LogP contribution < -0.4 is 14.8 Å². The number of fused-ring (bicyclic) bond motifs is 1. The monoisotopic (exact) mass is 361 g/mol. The summed E-state index contributed by atoms with van der Waals surface area (Å²) in [6.07, 6.45) is -0.307. The van der Waals surface area contributed by atoms with E-state index in [2.05, 4.69) is 5.32 Å². The van der Waals surface area contributed by atoms with Crippen molar-refractivity contribution in [3.63, 3.8) is 0 Å². The first-order chi connectivity index (χ1) is 12.1. The number of para-hydroxylation sites is 2. The van der Waals surface area contributed by atoms with Crippen LogP contribution in [0.4, 0.5) is 0 Å². The van der Waals surface area contributed by atoms with E-state index < -0.39 is 18.5 Å². The Bertz CT molecular complexity index is 780. The van der Waals surface area contributed by atoms with Crippen molar-refractivity contribution in [2.24, 2.45) is 0 Å². The maximum Gasteiger partial charge on any atom is 0.340 e. The van der Waals surface area contributed by atoms with Crippen molar-refractivity contribution in [1.29, 1.82) is 0 Å². The quantitative estimate of drug-likeness (QED) is 0.828. The minimum atomic E-state index is -0.646. The lowest BCUT2D eigenvalue weighted by Gasteiger charge is -2.26. The molecule has 1 aliphatic rings. The number of halogens is 1. The molecule has 1 atom stereocenters. The maximum absolute atomic E-state index is 11.9. The fourth-order valence-electron chi connectivity index (χ4n) is 2.28. The zero-order valence-electron chi connectivity index (χ0n) is 13.2. The van der Waals surface area contributed by atoms with Crippen LogP contribution in [-0.4, -0.2) is 37.7 Å². The van der Waals surface area contributed by atoms with Crippen LogP contribution >= 0.6 is 11.6 Å². The number of ether oxygens (including phenoxy) is 3. The van der Waals surface area contributed by atoms with Gasteiger partial charge in [-0.1, -0.05) is 35.9 Å². The van der Waals surface area contributed by atoms with Crippen LogP contribution in [0.1, 0.15) is 10.4 Å². The van der Waals surface area contributed by atoms with Gasteiger partial charge in [-0.25, -0.2) is 4.79 Å². The van der Waals surface area contributed by atoms with Crippen LogP contribution in [0.5, 0.6) is 11.5 Å². The standard InChI is InChI=1S/C18H16ClNO5/c19-14-6-2-1-5-13(14)18(22)24-11-17(21)20-9-12-10-23-15-7-3-4-8-16(15)25-12/h1-8,12H,9-11H2,(H,20,21)/t12-/m0/s1. The van der Waals surface area contributed by atoms with Gasteiger partial charge in [0.25, 0.3) is 5.91 Å². The minimum absolute atomic E-state index is 0.220. The van der Waals surface area contributed by atoms with Crippen LogP contribution in [0, 0.1) is 0 Å². The number of carbonyl (C=O) groups excluding carboxylic acids is 2. The Hall–Kier alpha value is -2.73. The number of hydrogen-bond acceptors (Lipinski definition) is 5. The Morgan fingerprint density at radius 2 is 1.84 bits per heavy atom. The van der Waals surface area contributed by atoms with E-state index in [1.807, 2.05) is 18.2 Å². The number of hydrogen-bond donors (Lipinski definition) is 1. The summed E-state index contributed by atoms with van der Waals surface area (Å²) in [5.74, 6) is 0.242. The third-order valence-electron chi connectivity index (χ3n) is 3.52. The molecule has 0 fully saturated rings. The molecule has 1 amide bonds. The Morgan fingerprint density at radius 1 is 1.12 bits per heavy atom. The van der Waals surface area contributed by atoms with E-state index >= 15 is 0 Å². The summed E-state index contributed by atoms with van der Waals surface area (Å²) < 4.78 is 16.2. The van der Waals surface area contributed by atoms with Crippen LogP contribution in [-0.2, 0) is 9.53 Å². The normalized spacial score (nSPS) is 15.3. The van der Waals surface area contributed by atoms with Crippen molar-refractivity contribution in [1.82, 2.24) is 5.32 Å². The third kappa shape index (κ3) is 4.42. The highest BCUT2D eigenvalue weighted by Gasteiger charge is 2.21. The van der Waals surface area contributed by atoms with Gasteiger partial charge in [-0.15, -0.1) is 0 Å². The van der Waals surface area contributed by atoms with Crippen molar-refractivity contribution >= 4 is 23.5 Å². The highest BCUT2D eigenvalue weighted by atomic mass is 35.5. The van der Waals surface area contributed by atoms with Crippen LogP contribution in [0.25, 0.3) is 0 Å². The summed E-state index contributed by atoms with van der Waals surface area (Å²) in [5, 5.41) is 2.93. The van der Waals surface area contributed by atoms with Gasteiger partial charge in [0.1, 0.15) is 12.7 Å². The lowest BCUT2D eigenvalue weighted by molar-refractivity contribution is -0.124. The Labute approximate surface area is 149 Å². The van der Waals surface area contributed by atoms with Gasteiger partial charge in [0.2, 0.25) is 0 Å². The van der Waals surface area contributed by atoms with Crippen molar-refractivity contribution in [3.05, 3.63) is 59.1 Å². The molecule has 0 saturated carbocycles. The fourth-order valence-corrected chi connectivity index (χ4v) is 2.49. The van der Waals surface area contributed by atoms with E-state index in [9.17, 15) is 9.59 Å². The zero-order chi connectivity index (χ0) is 17.6. The molecule has 1 heterocycles. The SMILES string of the molecule is O=C(COC(=O)c1ccccc1Cl)NC[C@H]1COc2ccccc2O1. The van der Waals surface area contributed by atoms with E-state index in [4.69, 9.17) is 25.8 Å². The molecule has 7 heteroatoms. The molecule has 130 valence electrons. The molecule has 1 N–H and O–H groups in total. The summed E-state index contributed by atoms with van der Waals surface area (Å²) >= 11 is 5.91. The van der Waals surface area contributed by atoms with Crippen molar-refractivity contribution in [3.8, 4) is 11.5 Å². The van der Waals surface area contributed by atoms with Crippen LogP contribution in [0.3, 0.4) is 0 Å². The highest BCUT2D eigenvalue weighted by Crippen LogP contribution is 2.30. The Kier molecular flexibility index (Phi) is 5.40. The smallest absolute Gasteiger partial charge is 0.340 e. The third-order valence-corrected chi connectivity index (χ3v) is 3.85. The van der Waals surface area contributed by atoms with E-state index in [1.165, 1.54) is 6.07 Å². The van der Waals surface area contributed by atoms with E-state index in [1.54, 1.807) is 24.3 Å². The Morgan fingerprint density at radius 3 is 2.64 bits per heavy atom. The van der Waals surface area contributed by atoms with Crippen LogP contribution in [0.15, 0.2) is 48.5 Å². The lowest BCUT2D eigenvalue weighted by Crippen LogP contribution is -2.42. The number of benzene rings is 2. The number of carbonyl (C=O) groups is 2. The van der Waals surface area contributed by atoms with Gasteiger partial charge in [-0.3, -0.25) is 4.79 Å². The average Bonchev–Trinajstić information content (AvgIpc) is 2.64. The van der Waals surface area contributed by atoms with Gasteiger partial charge >= 0.3 is 5.97 Å². The number of esters is 1. The molecule has 0 aromatic heterocycles. The van der Waals surface area contributed by atoms with Crippen molar-refractivity contribution < 1.29 is 23.8 Å². The highest BCUT2D eigenvalue weighted by molar-refractivity contribution is 6.33. The van der Waals surface area contributed by atoms with Gasteiger partial charge in [0.05, 0.1) is 17.1 Å². The summed E-state index contributed by atoms with van der Waals surface area (Å²) in [5.41, 5.74) is 0.220. The molecule has 6 nitrogen and oxygen atoms in total. The second kappa shape index (κ2) is 7.90. The van der Waals surface area contributed by atoms with Crippen molar-refractivity contribution in [2.45, 2.75) is 6.10 Å². The summed E-state index contributed by atoms with van der Waals surface area (Å²) in [6.45, 7) is 0.182. The molecule has 2 aromatic carbocycles. The van der Waals surface area contributed by atoms with E-state index in [0.29, 0.717) is 18.1 Å². The molecular weight excluding hydrogens is 346 g/mol. The number of amides is 1. The van der Waals surface area contributed by atoms with Gasteiger partial charge in [0, 0.05) is 0 Å². The molecule has 1 aliphatic heterocycles. The van der Waals surface area contributed by atoms with Gasteiger partial charge in [0.15, 0.2) is 18.1 Å². The minimum Gasteiger partial charge on any atom is -0.486 e. The molecule has 0 aliphatic carbocycles. The zero-order valence-corrected chi connectivity index (χ0v) is 14.0. The molecule has 0 spiro atoms. The second-order valence-electron chi connectivity index (χ2n) is 5.36. The topological polar surface area (TPSA) is 73.9 Å². The average molecular weight is 362 g/mol. The lowest BCUT2D eigenvalue weighted by atomic mass is 10.2. The first-order valence-corrected chi connectivity index (χ1v) is 8.08. The van der Waals surface area contributed by atoms with Gasteiger partial charge in [-0.05, 0) is 24.3 Å². The van der Waals surface area contributed by atoms with Crippen LogP contribution in [0.2, 0.25) is 5.02 Å². The molecular formula is C18H16ClNO5. The number of nitrogens with one attached hydrogen (secondary N) is 1. The van der Waals surface area contributed by atoms with Crippen molar-refractivity contribution in [2.75, 3.05) is 19.8 Å².